The third kappa shape index (κ3) is 3.15. The highest BCUT2D eigenvalue weighted by atomic mass is 16.5. The summed E-state index contributed by atoms with van der Waals surface area (Å²) < 4.78 is 6.35. The highest BCUT2D eigenvalue weighted by Crippen LogP contribution is 2.63. The second kappa shape index (κ2) is 6.37. The summed E-state index contributed by atoms with van der Waals surface area (Å²) in [6.07, 6.45) is 4.89. The van der Waals surface area contributed by atoms with Crippen molar-refractivity contribution >= 4 is 0 Å². The molecule has 0 saturated heterocycles. The molecule has 1 N–H and O–H groups in total. The van der Waals surface area contributed by atoms with Gasteiger partial charge in [0.1, 0.15) is 0 Å². The van der Waals surface area contributed by atoms with Crippen molar-refractivity contribution in [2.45, 2.75) is 65.2 Å². The van der Waals surface area contributed by atoms with E-state index in [4.69, 9.17) is 4.74 Å². The average molecular weight is 344 g/mol. The molecule has 3 heteroatoms. The monoisotopic (exact) mass is 343 g/mol. The Morgan fingerprint density at radius 1 is 1.24 bits per heavy atom. The molecule has 0 unspecified atom stereocenters. The van der Waals surface area contributed by atoms with Gasteiger partial charge in [0.05, 0.1) is 18.8 Å². The number of ether oxygens (including phenoxy) is 1. The van der Waals surface area contributed by atoms with Crippen LogP contribution < -0.4 is 0 Å². The molecule has 2 aliphatic carbocycles. The molecule has 1 aliphatic heterocycles. The van der Waals surface area contributed by atoms with Crippen molar-refractivity contribution in [3.63, 3.8) is 0 Å². The first-order chi connectivity index (χ1) is 11.9. The van der Waals surface area contributed by atoms with Crippen LogP contribution in [0.25, 0.3) is 0 Å². The quantitative estimate of drug-likeness (QED) is 0.886. The lowest BCUT2D eigenvalue weighted by Crippen LogP contribution is -2.45. The molecule has 4 rings (SSSR count). The van der Waals surface area contributed by atoms with Crippen LogP contribution in [0.2, 0.25) is 0 Å². The zero-order valence-electron chi connectivity index (χ0n) is 16.0. The van der Waals surface area contributed by atoms with E-state index >= 15 is 0 Å². The molecule has 0 radical (unpaired) electrons. The molecule has 25 heavy (non-hydrogen) atoms. The first kappa shape index (κ1) is 17.5. The smallest absolute Gasteiger partial charge is 0.0900 e. The number of β-amino-alcohol motifs (C(OH)–C–C–N with tert-alkyl or cyclic N) is 1. The Kier molecular flexibility index (Phi) is 4.46. The maximum atomic E-state index is 10.6. The standard InChI is InChI=1S/C22H33NO2/c1-21(2)18-8-10-22(3,12-18)20(21)25-15-19(24)14-23-11-9-16-6-4-5-7-17(16)13-23/h4-7,18-20,24H,8-15H2,1-3H3/t18-,19+,20+,22-/m0/s1. The number of hydrogen-bond donors (Lipinski definition) is 1. The fraction of sp³-hybridized carbons (Fsp3) is 0.727. The Morgan fingerprint density at radius 2 is 2.00 bits per heavy atom. The number of fused-ring (bicyclic) bond motifs is 3. The van der Waals surface area contributed by atoms with Gasteiger partial charge in [-0.3, -0.25) is 4.90 Å². The minimum atomic E-state index is -0.399. The van der Waals surface area contributed by atoms with Gasteiger partial charge in [-0.1, -0.05) is 45.0 Å². The molecule has 2 bridgehead atoms. The van der Waals surface area contributed by atoms with E-state index in [9.17, 15) is 5.11 Å². The summed E-state index contributed by atoms with van der Waals surface area (Å²) in [6, 6.07) is 8.67. The van der Waals surface area contributed by atoms with Crippen molar-refractivity contribution in [3.05, 3.63) is 35.4 Å². The van der Waals surface area contributed by atoms with Crippen LogP contribution in [0.5, 0.6) is 0 Å². The van der Waals surface area contributed by atoms with Gasteiger partial charge in [-0.05, 0) is 53.6 Å². The largest absolute Gasteiger partial charge is 0.389 e. The van der Waals surface area contributed by atoms with Crippen LogP contribution in [0.3, 0.4) is 0 Å². The number of hydrogen-bond acceptors (Lipinski definition) is 3. The van der Waals surface area contributed by atoms with Crippen molar-refractivity contribution in [2.24, 2.45) is 16.7 Å². The summed E-state index contributed by atoms with van der Waals surface area (Å²) in [7, 11) is 0. The van der Waals surface area contributed by atoms with Crippen molar-refractivity contribution in [1.82, 2.24) is 4.90 Å². The molecule has 0 spiro atoms. The number of nitrogens with zero attached hydrogens (tertiary/aromatic N) is 1. The van der Waals surface area contributed by atoms with Crippen LogP contribution in [-0.4, -0.2) is 41.9 Å². The van der Waals surface area contributed by atoms with E-state index < -0.39 is 6.10 Å². The van der Waals surface area contributed by atoms with Crippen molar-refractivity contribution in [2.75, 3.05) is 19.7 Å². The number of aliphatic hydroxyl groups excluding tert-OH is 1. The Bertz CT molecular complexity index is 623. The lowest BCUT2D eigenvalue weighted by Gasteiger charge is -2.42. The van der Waals surface area contributed by atoms with E-state index in [2.05, 4.69) is 49.9 Å². The van der Waals surface area contributed by atoms with Gasteiger partial charge in [0.25, 0.3) is 0 Å². The van der Waals surface area contributed by atoms with E-state index in [1.165, 1.54) is 30.4 Å². The Labute approximate surface area is 152 Å². The van der Waals surface area contributed by atoms with Crippen LogP contribution in [-0.2, 0) is 17.7 Å². The minimum absolute atomic E-state index is 0.247. The van der Waals surface area contributed by atoms with Crippen LogP contribution >= 0.6 is 0 Å². The van der Waals surface area contributed by atoms with E-state index in [1.807, 2.05) is 0 Å². The average Bonchev–Trinajstić information content (AvgIpc) is 3.05. The molecule has 4 atom stereocenters. The van der Waals surface area contributed by atoms with Gasteiger partial charge in [-0.15, -0.1) is 0 Å². The van der Waals surface area contributed by atoms with Crippen LogP contribution in [0.1, 0.15) is 51.2 Å². The molecule has 2 fully saturated rings. The molecule has 0 amide bonds. The molecule has 3 nitrogen and oxygen atoms in total. The topological polar surface area (TPSA) is 32.7 Å². The van der Waals surface area contributed by atoms with E-state index in [-0.39, 0.29) is 11.5 Å². The molecular weight excluding hydrogens is 310 g/mol. The van der Waals surface area contributed by atoms with Gasteiger partial charge >= 0.3 is 0 Å². The lowest BCUT2D eigenvalue weighted by molar-refractivity contribution is -0.113. The van der Waals surface area contributed by atoms with E-state index in [1.54, 1.807) is 0 Å². The normalized spacial score (nSPS) is 34.9. The summed E-state index contributed by atoms with van der Waals surface area (Å²) in [5.74, 6) is 0.790. The SMILES string of the molecule is CC1(C)[C@H]2CC[C@@](C)(C2)[C@@H]1OC[C@H](O)CN1CCc2ccccc2C1. The van der Waals surface area contributed by atoms with Gasteiger partial charge in [0.15, 0.2) is 0 Å². The predicted octanol–water partition coefficient (Wildman–Crippen LogP) is 3.64. The highest BCUT2D eigenvalue weighted by molar-refractivity contribution is 5.29. The van der Waals surface area contributed by atoms with Crippen molar-refractivity contribution in [3.8, 4) is 0 Å². The number of benzene rings is 1. The second-order valence-electron chi connectivity index (χ2n) is 9.54. The van der Waals surface area contributed by atoms with Gasteiger partial charge in [-0.25, -0.2) is 0 Å². The first-order valence-corrected chi connectivity index (χ1v) is 9.97. The molecule has 0 aromatic heterocycles. The van der Waals surface area contributed by atoms with Crippen LogP contribution in [0.15, 0.2) is 24.3 Å². The summed E-state index contributed by atoms with van der Waals surface area (Å²) in [5.41, 5.74) is 3.43. The summed E-state index contributed by atoms with van der Waals surface area (Å²) in [4.78, 5) is 2.37. The fourth-order valence-electron chi connectivity index (χ4n) is 5.94. The third-order valence-electron chi connectivity index (χ3n) is 7.27. The third-order valence-corrected chi connectivity index (χ3v) is 7.27. The molecule has 138 valence electrons. The fourth-order valence-corrected chi connectivity index (χ4v) is 5.94. The summed E-state index contributed by atoms with van der Waals surface area (Å²) in [6.45, 7) is 10.3. The molecule has 2 saturated carbocycles. The van der Waals surface area contributed by atoms with E-state index in [0.717, 1.165) is 25.4 Å². The van der Waals surface area contributed by atoms with Crippen LogP contribution in [0, 0.1) is 16.7 Å². The minimum Gasteiger partial charge on any atom is -0.389 e. The summed E-state index contributed by atoms with van der Waals surface area (Å²) in [5, 5.41) is 10.6. The van der Waals surface area contributed by atoms with Gasteiger partial charge < -0.3 is 9.84 Å². The Morgan fingerprint density at radius 3 is 2.72 bits per heavy atom. The Hall–Kier alpha value is -0.900. The maximum Gasteiger partial charge on any atom is 0.0900 e. The molecule has 1 heterocycles. The van der Waals surface area contributed by atoms with Crippen LogP contribution in [0.4, 0.5) is 0 Å². The van der Waals surface area contributed by atoms with Crippen molar-refractivity contribution < 1.29 is 9.84 Å². The molecule has 1 aromatic carbocycles. The van der Waals surface area contributed by atoms with Gasteiger partial charge in [0.2, 0.25) is 0 Å². The molecular formula is C22H33NO2. The molecule has 1 aromatic rings. The van der Waals surface area contributed by atoms with Crippen molar-refractivity contribution in [1.29, 1.82) is 0 Å². The number of rotatable bonds is 5. The first-order valence-electron chi connectivity index (χ1n) is 9.97. The zero-order chi connectivity index (χ0) is 17.7. The second-order valence-corrected chi connectivity index (χ2v) is 9.54. The Balaban J connectivity index is 1.31. The lowest BCUT2D eigenvalue weighted by atomic mass is 9.70. The zero-order valence-corrected chi connectivity index (χ0v) is 16.0. The van der Waals surface area contributed by atoms with E-state index in [0.29, 0.717) is 18.6 Å². The number of aliphatic hydroxyl groups is 1. The maximum absolute atomic E-state index is 10.6. The van der Waals surface area contributed by atoms with Gasteiger partial charge in [-0.2, -0.15) is 0 Å². The molecule has 3 aliphatic rings. The van der Waals surface area contributed by atoms with Gasteiger partial charge in [0, 0.05) is 19.6 Å². The highest BCUT2D eigenvalue weighted by Gasteiger charge is 2.60. The predicted molar refractivity (Wildman–Crippen MR) is 100 cm³/mol. The summed E-state index contributed by atoms with van der Waals surface area (Å²) >= 11 is 0.